The Hall–Kier alpha value is -1.88. The Labute approximate surface area is 139 Å². The minimum atomic E-state index is -0.0771. The lowest BCUT2D eigenvalue weighted by atomic mass is 10.2. The van der Waals surface area contributed by atoms with Gasteiger partial charge in [-0.15, -0.1) is 0 Å². The fraction of sp³-hybridized carbons (Fsp3) is 0.294. The van der Waals surface area contributed by atoms with Crippen molar-refractivity contribution < 1.29 is 4.79 Å². The summed E-state index contributed by atoms with van der Waals surface area (Å²) in [6.07, 6.45) is 1.64. The first-order valence-corrected chi connectivity index (χ1v) is 8.02. The highest BCUT2D eigenvalue weighted by Gasteiger charge is 2.08. The van der Waals surface area contributed by atoms with Gasteiger partial charge in [0.2, 0.25) is 0 Å². The van der Waals surface area contributed by atoms with Crippen molar-refractivity contribution >= 4 is 33.3 Å². The highest BCUT2D eigenvalue weighted by atomic mass is 79.9. The van der Waals surface area contributed by atoms with Crippen LogP contribution in [-0.4, -0.2) is 17.4 Å². The molecule has 5 heteroatoms. The van der Waals surface area contributed by atoms with E-state index in [0.29, 0.717) is 23.8 Å². The molecule has 1 amide bonds. The average molecular weight is 362 g/mol. The number of aromatic nitrogens is 1. The molecular weight excluding hydrogens is 342 g/mol. The van der Waals surface area contributed by atoms with Crippen molar-refractivity contribution in [2.45, 2.75) is 20.8 Å². The molecule has 0 fully saturated rings. The van der Waals surface area contributed by atoms with Crippen molar-refractivity contribution in [2.24, 2.45) is 5.92 Å². The molecule has 0 atom stereocenters. The zero-order valence-electron chi connectivity index (χ0n) is 13.0. The Morgan fingerprint density at radius 2 is 2.05 bits per heavy atom. The van der Waals surface area contributed by atoms with Gasteiger partial charge >= 0.3 is 0 Å². The largest absolute Gasteiger partial charge is 0.352 e. The normalized spacial score (nSPS) is 10.6. The standard InChI is InChI=1S/C17H20BrN3O/c1-11(2)10-20-17(22)13-6-7-19-16(9-13)21-15-5-4-14(18)8-12(15)3/h4-9,11H,10H2,1-3H3,(H,19,21)(H,20,22). The van der Waals surface area contributed by atoms with Gasteiger partial charge in [-0.05, 0) is 48.7 Å². The van der Waals surface area contributed by atoms with Crippen LogP contribution in [0, 0.1) is 12.8 Å². The third-order valence-electron chi connectivity index (χ3n) is 3.14. The molecule has 0 saturated carbocycles. The molecule has 1 aromatic heterocycles. The summed E-state index contributed by atoms with van der Waals surface area (Å²) in [7, 11) is 0. The van der Waals surface area contributed by atoms with E-state index in [1.54, 1.807) is 18.3 Å². The molecule has 0 aliphatic carbocycles. The Bertz CT molecular complexity index is 671. The van der Waals surface area contributed by atoms with Gasteiger partial charge in [-0.1, -0.05) is 29.8 Å². The minimum Gasteiger partial charge on any atom is -0.352 e. The first-order valence-electron chi connectivity index (χ1n) is 7.23. The van der Waals surface area contributed by atoms with Crippen LogP contribution >= 0.6 is 15.9 Å². The van der Waals surface area contributed by atoms with E-state index < -0.39 is 0 Å². The lowest BCUT2D eigenvalue weighted by Crippen LogP contribution is -2.27. The van der Waals surface area contributed by atoms with E-state index in [2.05, 4.69) is 45.4 Å². The summed E-state index contributed by atoms with van der Waals surface area (Å²) >= 11 is 3.44. The van der Waals surface area contributed by atoms with Crippen LogP contribution in [0.1, 0.15) is 29.8 Å². The number of hydrogen-bond acceptors (Lipinski definition) is 3. The molecule has 4 nitrogen and oxygen atoms in total. The molecule has 1 aromatic carbocycles. The number of nitrogens with one attached hydrogen (secondary N) is 2. The van der Waals surface area contributed by atoms with Crippen molar-refractivity contribution in [1.29, 1.82) is 0 Å². The highest BCUT2D eigenvalue weighted by Crippen LogP contribution is 2.23. The number of carbonyl (C=O) groups is 1. The van der Waals surface area contributed by atoms with E-state index in [9.17, 15) is 4.79 Å². The van der Waals surface area contributed by atoms with Gasteiger partial charge in [0, 0.05) is 28.5 Å². The predicted octanol–water partition coefficient (Wildman–Crippen LogP) is 4.28. The topological polar surface area (TPSA) is 54.0 Å². The van der Waals surface area contributed by atoms with E-state index in [1.807, 2.05) is 25.1 Å². The molecule has 2 aromatic rings. The van der Waals surface area contributed by atoms with Crippen molar-refractivity contribution in [3.63, 3.8) is 0 Å². The van der Waals surface area contributed by atoms with Crippen molar-refractivity contribution in [2.75, 3.05) is 11.9 Å². The van der Waals surface area contributed by atoms with Crippen LogP contribution in [0.3, 0.4) is 0 Å². The number of halogens is 1. The first-order chi connectivity index (χ1) is 10.5. The zero-order valence-corrected chi connectivity index (χ0v) is 14.6. The third kappa shape index (κ3) is 4.56. The molecule has 0 spiro atoms. The maximum Gasteiger partial charge on any atom is 0.251 e. The summed E-state index contributed by atoms with van der Waals surface area (Å²) in [5.74, 6) is 1.00. The predicted molar refractivity (Wildman–Crippen MR) is 93.6 cm³/mol. The van der Waals surface area contributed by atoms with Gasteiger partial charge < -0.3 is 10.6 Å². The summed E-state index contributed by atoms with van der Waals surface area (Å²) in [6, 6.07) is 9.45. The zero-order chi connectivity index (χ0) is 16.1. The van der Waals surface area contributed by atoms with Gasteiger partial charge in [-0.3, -0.25) is 4.79 Å². The second kappa shape index (κ2) is 7.40. The average Bonchev–Trinajstić information content (AvgIpc) is 2.48. The van der Waals surface area contributed by atoms with Gasteiger partial charge in [0.1, 0.15) is 5.82 Å². The summed E-state index contributed by atoms with van der Waals surface area (Å²) in [5, 5.41) is 6.16. The molecule has 2 N–H and O–H groups in total. The number of rotatable bonds is 5. The van der Waals surface area contributed by atoms with Gasteiger partial charge in [-0.2, -0.15) is 0 Å². The Kier molecular flexibility index (Phi) is 5.55. The van der Waals surface area contributed by atoms with E-state index in [0.717, 1.165) is 15.7 Å². The van der Waals surface area contributed by atoms with Crippen molar-refractivity contribution in [3.05, 3.63) is 52.1 Å². The van der Waals surface area contributed by atoms with Crippen LogP contribution in [0.15, 0.2) is 41.0 Å². The van der Waals surface area contributed by atoms with Gasteiger partial charge in [-0.25, -0.2) is 4.98 Å². The van der Waals surface area contributed by atoms with E-state index >= 15 is 0 Å². The SMILES string of the molecule is Cc1cc(Br)ccc1Nc1cc(C(=O)NCC(C)C)ccn1. The van der Waals surface area contributed by atoms with Crippen LogP contribution < -0.4 is 10.6 Å². The lowest BCUT2D eigenvalue weighted by molar-refractivity contribution is 0.0949. The molecule has 22 heavy (non-hydrogen) atoms. The van der Waals surface area contributed by atoms with Crippen molar-refractivity contribution in [3.8, 4) is 0 Å². The second-order valence-electron chi connectivity index (χ2n) is 5.62. The molecule has 0 aliphatic rings. The number of amides is 1. The fourth-order valence-corrected chi connectivity index (χ4v) is 2.42. The number of hydrogen-bond donors (Lipinski definition) is 2. The summed E-state index contributed by atoms with van der Waals surface area (Å²) < 4.78 is 1.03. The van der Waals surface area contributed by atoms with Crippen LogP contribution in [0.5, 0.6) is 0 Å². The molecule has 0 aliphatic heterocycles. The van der Waals surface area contributed by atoms with Crippen LogP contribution in [0.4, 0.5) is 11.5 Å². The van der Waals surface area contributed by atoms with E-state index in [1.165, 1.54) is 0 Å². The molecule has 0 radical (unpaired) electrons. The number of nitrogens with zero attached hydrogens (tertiary/aromatic N) is 1. The van der Waals surface area contributed by atoms with Crippen LogP contribution in [0.2, 0.25) is 0 Å². The maximum absolute atomic E-state index is 12.1. The molecule has 116 valence electrons. The van der Waals surface area contributed by atoms with Gasteiger partial charge in [0.15, 0.2) is 0 Å². The number of aryl methyl sites for hydroxylation is 1. The molecule has 1 heterocycles. The number of benzene rings is 1. The highest BCUT2D eigenvalue weighted by molar-refractivity contribution is 9.10. The molecule has 0 saturated heterocycles. The maximum atomic E-state index is 12.1. The molecule has 2 rings (SSSR count). The fourth-order valence-electron chi connectivity index (χ4n) is 1.94. The Morgan fingerprint density at radius 3 is 2.73 bits per heavy atom. The quantitative estimate of drug-likeness (QED) is 0.835. The Morgan fingerprint density at radius 1 is 1.27 bits per heavy atom. The van der Waals surface area contributed by atoms with Gasteiger partial charge in [0.25, 0.3) is 5.91 Å². The lowest BCUT2D eigenvalue weighted by Gasteiger charge is -2.11. The van der Waals surface area contributed by atoms with Crippen molar-refractivity contribution in [1.82, 2.24) is 10.3 Å². The molecule has 0 unspecified atom stereocenters. The summed E-state index contributed by atoms with van der Waals surface area (Å²) in [5.41, 5.74) is 2.68. The smallest absolute Gasteiger partial charge is 0.251 e. The minimum absolute atomic E-state index is 0.0771. The second-order valence-corrected chi connectivity index (χ2v) is 6.53. The molecular formula is C17H20BrN3O. The van der Waals surface area contributed by atoms with Gasteiger partial charge in [0.05, 0.1) is 0 Å². The number of anilines is 2. The third-order valence-corrected chi connectivity index (χ3v) is 3.64. The number of pyridine rings is 1. The summed E-state index contributed by atoms with van der Waals surface area (Å²) in [6.45, 7) is 6.81. The molecule has 0 bridgehead atoms. The number of carbonyl (C=O) groups excluding carboxylic acids is 1. The summed E-state index contributed by atoms with van der Waals surface area (Å²) in [4.78, 5) is 16.4. The van der Waals surface area contributed by atoms with Crippen LogP contribution in [-0.2, 0) is 0 Å². The van der Waals surface area contributed by atoms with E-state index in [-0.39, 0.29) is 5.91 Å². The Balaban J connectivity index is 2.12. The monoisotopic (exact) mass is 361 g/mol. The van der Waals surface area contributed by atoms with E-state index in [4.69, 9.17) is 0 Å². The first kappa shape index (κ1) is 16.5. The van der Waals surface area contributed by atoms with Crippen LogP contribution in [0.25, 0.3) is 0 Å².